The van der Waals surface area contributed by atoms with Crippen molar-refractivity contribution < 1.29 is 27.4 Å². The molecule has 1 saturated heterocycles. The first-order valence-corrected chi connectivity index (χ1v) is 12.0. The fourth-order valence-corrected chi connectivity index (χ4v) is 4.63. The minimum absolute atomic E-state index is 0.229. The molecular weight excluding hydrogens is 483 g/mol. The molecule has 1 fully saturated rings. The van der Waals surface area contributed by atoms with Crippen molar-refractivity contribution >= 4 is 11.8 Å². The van der Waals surface area contributed by atoms with E-state index in [2.05, 4.69) is 32.6 Å². The van der Waals surface area contributed by atoms with Crippen molar-refractivity contribution in [2.45, 2.75) is 31.8 Å². The van der Waals surface area contributed by atoms with E-state index in [9.17, 15) is 13.2 Å². The first kappa shape index (κ1) is 26.3. The standard InChI is InChI=1S/C28H30F3N3O3/c1-4-20-14-21(15-26(35-2)27(20)36-3)22-13-19(16-33-17-22)18-34(24-9-11-32-12-10-24)23-5-7-25(8-6-23)37-28(29,30)31/h4-8,13-17,24,32H,1,9-12,18H2,2-3H3. The third-order valence-corrected chi connectivity index (χ3v) is 6.36. The third kappa shape index (κ3) is 6.54. The lowest BCUT2D eigenvalue weighted by Gasteiger charge is -2.36. The number of hydrogen-bond donors (Lipinski definition) is 1. The van der Waals surface area contributed by atoms with E-state index in [0.29, 0.717) is 18.0 Å². The zero-order valence-electron chi connectivity index (χ0n) is 20.8. The highest BCUT2D eigenvalue weighted by Crippen LogP contribution is 2.37. The van der Waals surface area contributed by atoms with E-state index in [1.165, 1.54) is 12.1 Å². The number of hydrogen-bond acceptors (Lipinski definition) is 6. The molecule has 2 aromatic carbocycles. The summed E-state index contributed by atoms with van der Waals surface area (Å²) in [5.74, 6) is 0.967. The van der Waals surface area contributed by atoms with Gasteiger partial charge >= 0.3 is 6.36 Å². The molecule has 37 heavy (non-hydrogen) atoms. The first-order valence-electron chi connectivity index (χ1n) is 12.0. The van der Waals surface area contributed by atoms with Crippen LogP contribution in [0, 0.1) is 0 Å². The van der Waals surface area contributed by atoms with Gasteiger partial charge in [0.1, 0.15) is 5.75 Å². The molecule has 1 N–H and O–H groups in total. The Morgan fingerprint density at radius 3 is 2.38 bits per heavy atom. The van der Waals surface area contributed by atoms with Gasteiger partial charge in [0.25, 0.3) is 0 Å². The Morgan fingerprint density at radius 2 is 1.76 bits per heavy atom. The number of methoxy groups -OCH3 is 2. The smallest absolute Gasteiger partial charge is 0.493 e. The van der Waals surface area contributed by atoms with Crippen LogP contribution in [0.1, 0.15) is 24.0 Å². The SMILES string of the molecule is C=Cc1cc(-c2cncc(CN(c3ccc(OC(F)(F)F)cc3)C3CCNCC3)c2)cc(OC)c1OC. The summed E-state index contributed by atoms with van der Waals surface area (Å²) < 4.78 is 52.9. The molecule has 2 heterocycles. The van der Waals surface area contributed by atoms with Gasteiger partial charge in [0.05, 0.1) is 14.2 Å². The van der Waals surface area contributed by atoms with Crippen LogP contribution >= 0.6 is 0 Å². The number of ether oxygens (including phenoxy) is 3. The maximum Gasteiger partial charge on any atom is 0.573 e. The molecule has 1 aliphatic heterocycles. The number of nitrogens with zero attached hydrogens (tertiary/aromatic N) is 2. The van der Waals surface area contributed by atoms with E-state index >= 15 is 0 Å². The number of pyridine rings is 1. The summed E-state index contributed by atoms with van der Waals surface area (Å²) in [7, 11) is 3.18. The van der Waals surface area contributed by atoms with Crippen molar-refractivity contribution in [1.82, 2.24) is 10.3 Å². The molecule has 0 amide bonds. The Balaban J connectivity index is 1.64. The Bertz CT molecular complexity index is 1210. The predicted octanol–water partition coefficient (Wildman–Crippen LogP) is 6.07. The molecule has 0 bridgehead atoms. The van der Waals surface area contributed by atoms with Crippen LogP contribution in [-0.2, 0) is 6.54 Å². The van der Waals surface area contributed by atoms with Crippen molar-refractivity contribution in [2.24, 2.45) is 0 Å². The number of halogens is 3. The molecule has 0 unspecified atom stereocenters. The zero-order valence-corrected chi connectivity index (χ0v) is 20.8. The van der Waals surface area contributed by atoms with Gasteiger partial charge in [0, 0.05) is 41.8 Å². The number of aromatic nitrogens is 1. The molecule has 0 spiro atoms. The van der Waals surface area contributed by atoms with E-state index < -0.39 is 6.36 Å². The third-order valence-electron chi connectivity index (χ3n) is 6.36. The van der Waals surface area contributed by atoms with Crippen LogP contribution in [0.5, 0.6) is 17.2 Å². The number of anilines is 1. The number of piperidine rings is 1. The second kappa shape index (κ2) is 11.6. The lowest BCUT2D eigenvalue weighted by atomic mass is 10.00. The average molecular weight is 514 g/mol. The van der Waals surface area contributed by atoms with Gasteiger partial charge in [-0.15, -0.1) is 13.2 Å². The van der Waals surface area contributed by atoms with Crippen LogP contribution in [0.25, 0.3) is 17.2 Å². The van der Waals surface area contributed by atoms with Gasteiger partial charge in [-0.1, -0.05) is 12.7 Å². The molecule has 0 aliphatic carbocycles. The zero-order chi connectivity index (χ0) is 26.4. The summed E-state index contributed by atoms with van der Waals surface area (Å²) in [4.78, 5) is 6.70. The van der Waals surface area contributed by atoms with E-state index in [4.69, 9.17) is 9.47 Å². The monoisotopic (exact) mass is 513 g/mol. The summed E-state index contributed by atoms with van der Waals surface area (Å²) in [5, 5.41) is 3.37. The van der Waals surface area contributed by atoms with Crippen LogP contribution in [0.4, 0.5) is 18.9 Å². The van der Waals surface area contributed by atoms with Crippen LogP contribution < -0.4 is 24.4 Å². The van der Waals surface area contributed by atoms with Gasteiger partial charge < -0.3 is 24.4 Å². The molecule has 4 rings (SSSR count). The van der Waals surface area contributed by atoms with Crippen LogP contribution in [0.3, 0.4) is 0 Å². The predicted molar refractivity (Wildman–Crippen MR) is 138 cm³/mol. The van der Waals surface area contributed by atoms with Gasteiger partial charge in [-0.3, -0.25) is 4.98 Å². The van der Waals surface area contributed by atoms with E-state index in [0.717, 1.165) is 53.9 Å². The van der Waals surface area contributed by atoms with Crippen molar-refractivity contribution in [2.75, 3.05) is 32.2 Å². The summed E-state index contributed by atoms with van der Waals surface area (Å²) in [6, 6.07) is 12.2. The van der Waals surface area contributed by atoms with Crippen molar-refractivity contribution in [1.29, 1.82) is 0 Å². The quantitative estimate of drug-likeness (QED) is 0.375. The van der Waals surface area contributed by atoms with Crippen LogP contribution in [0.15, 0.2) is 61.4 Å². The summed E-state index contributed by atoms with van der Waals surface area (Å²) >= 11 is 0. The topological polar surface area (TPSA) is 55.9 Å². The highest BCUT2D eigenvalue weighted by atomic mass is 19.4. The minimum atomic E-state index is -4.72. The number of benzene rings is 2. The van der Waals surface area contributed by atoms with Crippen molar-refractivity contribution in [3.05, 3.63) is 72.6 Å². The lowest BCUT2D eigenvalue weighted by molar-refractivity contribution is -0.274. The highest BCUT2D eigenvalue weighted by Gasteiger charge is 2.31. The fourth-order valence-electron chi connectivity index (χ4n) is 4.63. The maximum absolute atomic E-state index is 12.6. The Morgan fingerprint density at radius 1 is 1.03 bits per heavy atom. The van der Waals surface area contributed by atoms with E-state index in [1.54, 1.807) is 38.6 Å². The van der Waals surface area contributed by atoms with Crippen LogP contribution in [-0.4, -0.2) is 44.7 Å². The molecule has 6 nitrogen and oxygen atoms in total. The second-order valence-corrected chi connectivity index (χ2v) is 8.74. The van der Waals surface area contributed by atoms with Crippen molar-refractivity contribution in [3.8, 4) is 28.4 Å². The molecule has 1 aromatic heterocycles. The van der Waals surface area contributed by atoms with Gasteiger partial charge in [-0.2, -0.15) is 0 Å². The molecule has 0 radical (unpaired) electrons. The van der Waals surface area contributed by atoms with Crippen LogP contribution in [0.2, 0.25) is 0 Å². The average Bonchev–Trinajstić information content (AvgIpc) is 2.91. The van der Waals surface area contributed by atoms with Gasteiger partial charge in [-0.25, -0.2) is 0 Å². The largest absolute Gasteiger partial charge is 0.573 e. The normalized spacial score (nSPS) is 14.2. The highest BCUT2D eigenvalue weighted by molar-refractivity contribution is 5.74. The second-order valence-electron chi connectivity index (χ2n) is 8.74. The van der Waals surface area contributed by atoms with Gasteiger partial charge in [0.2, 0.25) is 0 Å². The van der Waals surface area contributed by atoms with Gasteiger partial charge in [0.15, 0.2) is 11.5 Å². The summed E-state index contributed by atoms with van der Waals surface area (Å²) in [6.07, 6.45) is 2.44. The van der Waals surface area contributed by atoms with E-state index in [1.807, 2.05) is 18.3 Å². The summed E-state index contributed by atoms with van der Waals surface area (Å²) in [6.45, 7) is 6.19. The van der Waals surface area contributed by atoms with E-state index in [-0.39, 0.29) is 11.8 Å². The summed E-state index contributed by atoms with van der Waals surface area (Å²) in [5.41, 5.74) is 4.41. The molecule has 0 saturated carbocycles. The fraction of sp³-hybridized carbons (Fsp3) is 0.321. The molecular formula is C28H30F3N3O3. The Hall–Kier alpha value is -3.72. The lowest BCUT2D eigenvalue weighted by Crippen LogP contribution is -2.43. The Kier molecular flexibility index (Phi) is 8.23. The molecule has 9 heteroatoms. The number of rotatable bonds is 9. The van der Waals surface area contributed by atoms with Gasteiger partial charge in [-0.05, 0) is 79.5 Å². The minimum Gasteiger partial charge on any atom is -0.493 e. The number of nitrogens with one attached hydrogen (secondary N) is 1. The molecule has 0 atom stereocenters. The Labute approximate surface area is 214 Å². The maximum atomic E-state index is 12.6. The molecule has 1 aliphatic rings. The molecule has 196 valence electrons. The van der Waals surface area contributed by atoms with Crippen molar-refractivity contribution in [3.63, 3.8) is 0 Å². The molecule has 3 aromatic rings. The first-order chi connectivity index (χ1) is 17.8. The number of alkyl halides is 3.